The SMILES string of the molecule is C#C/C=C(\C=C/C)Cn1cnc2ccc(CO)cc21. The summed E-state index contributed by atoms with van der Waals surface area (Å²) < 4.78 is 2.03. The third-order valence-electron chi connectivity index (χ3n) is 2.87. The molecule has 1 N–H and O–H groups in total. The van der Waals surface area contributed by atoms with E-state index in [0.717, 1.165) is 22.2 Å². The fraction of sp³-hybridized carbons (Fsp3) is 0.188. The number of aliphatic hydroxyl groups is 1. The van der Waals surface area contributed by atoms with E-state index in [2.05, 4.69) is 10.9 Å². The smallest absolute Gasteiger partial charge is 0.0961 e. The highest BCUT2D eigenvalue weighted by Crippen LogP contribution is 2.17. The van der Waals surface area contributed by atoms with Crippen molar-refractivity contribution in [2.45, 2.75) is 20.1 Å². The summed E-state index contributed by atoms with van der Waals surface area (Å²) in [7, 11) is 0. The van der Waals surface area contributed by atoms with Gasteiger partial charge in [-0.25, -0.2) is 4.98 Å². The number of nitrogens with zero attached hydrogens (tertiary/aromatic N) is 2. The molecule has 0 radical (unpaired) electrons. The molecule has 1 aromatic carbocycles. The Kier molecular flexibility index (Phi) is 4.17. The Labute approximate surface area is 112 Å². The number of terminal acetylenes is 1. The molecule has 96 valence electrons. The molecule has 0 atom stereocenters. The fourth-order valence-corrected chi connectivity index (χ4v) is 1.99. The van der Waals surface area contributed by atoms with E-state index in [1.807, 2.05) is 41.8 Å². The monoisotopic (exact) mass is 252 g/mol. The average molecular weight is 252 g/mol. The lowest BCUT2D eigenvalue weighted by atomic mass is 10.2. The minimum atomic E-state index is 0.0308. The van der Waals surface area contributed by atoms with Gasteiger partial charge in [0.05, 0.1) is 24.0 Å². The van der Waals surface area contributed by atoms with Gasteiger partial charge in [0.15, 0.2) is 0 Å². The maximum Gasteiger partial charge on any atom is 0.0961 e. The van der Waals surface area contributed by atoms with E-state index in [0.29, 0.717) is 6.54 Å². The van der Waals surface area contributed by atoms with Gasteiger partial charge in [-0.1, -0.05) is 24.1 Å². The molecule has 3 heteroatoms. The highest BCUT2D eigenvalue weighted by molar-refractivity contribution is 5.76. The second-order valence-corrected chi connectivity index (χ2v) is 4.24. The molecule has 0 unspecified atom stereocenters. The van der Waals surface area contributed by atoms with Crippen LogP contribution >= 0.6 is 0 Å². The van der Waals surface area contributed by atoms with Crippen molar-refractivity contribution in [3.63, 3.8) is 0 Å². The zero-order valence-corrected chi connectivity index (χ0v) is 10.9. The minimum Gasteiger partial charge on any atom is -0.392 e. The van der Waals surface area contributed by atoms with E-state index < -0.39 is 0 Å². The number of fused-ring (bicyclic) bond motifs is 1. The molecule has 0 saturated heterocycles. The lowest BCUT2D eigenvalue weighted by Gasteiger charge is -2.05. The molecule has 1 aromatic heterocycles. The Bertz CT molecular complexity index is 672. The number of imidazole rings is 1. The first-order chi connectivity index (χ1) is 9.28. The van der Waals surface area contributed by atoms with Crippen molar-refractivity contribution in [2.75, 3.05) is 0 Å². The van der Waals surface area contributed by atoms with Crippen LogP contribution in [0.15, 0.2) is 48.3 Å². The van der Waals surface area contributed by atoms with Crippen molar-refractivity contribution < 1.29 is 5.11 Å². The second-order valence-electron chi connectivity index (χ2n) is 4.24. The Morgan fingerprint density at radius 2 is 2.37 bits per heavy atom. The van der Waals surface area contributed by atoms with Crippen molar-refractivity contribution in [1.29, 1.82) is 0 Å². The first kappa shape index (κ1) is 13.1. The molecule has 2 aromatic rings. The number of hydrogen-bond donors (Lipinski definition) is 1. The van der Waals surface area contributed by atoms with E-state index in [4.69, 9.17) is 6.42 Å². The number of benzene rings is 1. The number of hydrogen-bond acceptors (Lipinski definition) is 2. The Morgan fingerprint density at radius 1 is 1.53 bits per heavy atom. The molecule has 0 aliphatic heterocycles. The van der Waals surface area contributed by atoms with Crippen LogP contribution in [0.25, 0.3) is 11.0 Å². The van der Waals surface area contributed by atoms with Gasteiger partial charge in [-0.15, -0.1) is 6.42 Å². The van der Waals surface area contributed by atoms with Crippen LogP contribution in [0.2, 0.25) is 0 Å². The van der Waals surface area contributed by atoms with Gasteiger partial charge in [0, 0.05) is 6.54 Å². The summed E-state index contributed by atoms with van der Waals surface area (Å²) in [5, 5.41) is 9.20. The van der Waals surface area contributed by atoms with E-state index in [-0.39, 0.29) is 6.61 Å². The number of aliphatic hydroxyl groups excluding tert-OH is 1. The van der Waals surface area contributed by atoms with Crippen LogP contribution in [0.4, 0.5) is 0 Å². The van der Waals surface area contributed by atoms with Crippen LogP contribution in [0, 0.1) is 12.3 Å². The summed E-state index contributed by atoms with van der Waals surface area (Å²) in [6, 6.07) is 5.74. The Hall–Kier alpha value is -2.31. The molecule has 0 aliphatic carbocycles. The molecule has 0 amide bonds. The average Bonchev–Trinajstić information content (AvgIpc) is 2.82. The van der Waals surface area contributed by atoms with Crippen LogP contribution in [0.1, 0.15) is 12.5 Å². The van der Waals surface area contributed by atoms with Crippen LogP contribution in [0.5, 0.6) is 0 Å². The first-order valence-corrected chi connectivity index (χ1v) is 6.11. The van der Waals surface area contributed by atoms with Crippen molar-refractivity contribution >= 4 is 11.0 Å². The predicted molar refractivity (Wildman–Crippen MR) is 77.4 cm³/mol. The second kappa shape index (κ2) is 6.03. The lowest BCUT2D eigenvalue weighted by molar-refractivity contribution is 0.282. The Morgan fingerprint density at radius 3 is 3.05 bits per heavy atom. The summed E-state index contributed by atoms with van der Waals surface area (Å²) in [4.78, 5) is 4.35. The molecule has 0 fully saturated rings. The van der Waals surface area contributed by atoms with Gasteiger partial charge in [0.2, 0.25) is 0 Å². The minimum absolute atomic E-state index is 0.0308. The highest BCUT2D eigenvalue weighted by Gasteiger charge is 2.04. The van der Waals surface area contributed by atoms with Gasteiger partial charge in [-0.2, -0.15) is 0 Å². The quantitative estimate of drug-likeness (QED) is 0.671. The maximum atomic E-state index is 9.20. The molecule has 0 saturated carbocycles. The Balaban J connectivity index is 2.40. The highest BCUT2D eigenvalue weighted by atomic mass is 16.3. The molecule has 0 spiro atoms. The molecule has 0 aliphatic rings. The molecule has 2 rings (SSSR count). The molecular weight excluding hydrogens is 236 g/mol. The van der Waals surface area contributed by atoms with Gasteiger partial charge in [-0.05, 0) is 36.3 Å². The van der Waals surface area contributed by atoms with E-state index in [1.54, 1.807) is 12.4 Å². The number of rotatable bonds is 4. The van der Waals surface area contributed by atoms with Crippen LogP contribution in [-0.4, -0.2) is 14.7 Å². The van der Waals surface area contributed by atoms with Crippen molar-refractivity contribution in [3.8, 4) is 12.3 Å². The van der Waals surface area contributed by atoms with Gasteiger partial charge >= 0.3 is 0 Å². The zero-order chi connectivity index (χ0) is 13.7. The van der Waals surface area contributed by atoms with Gasteiger partial charge in [0.25, 0.3) is 0 Å². The number of aromatic nitrogens is 2. The topological polar surface area (TPSA) is 38.0 Å². The molecular formula is C16H16N2O. The zero-order valence-electron chi connectivity index (χ0n) is 10.9. The maximum absolute atomic E-state index is 9.20. The van der Waals surface area contributed by atoms with Crippen LogP contribution in [-0.2, 0) is 13.2 Å². The van der Waals surface area contributed by atoms with Crippen LogP contribution in [0.3, 0.4) is 0 Å². The van der Waals surface area contributed by atoms with E-state index in [1.165, 1.54) is 0 Å². The van der Waals surface area contributed by atoms with Gasteiger partial charge < -0.3 is 9.67 Å². The lowest BCUT2D eigenvalue weighted by Crippen LogP contribution is -1.98. The van der Waals surface area contributed by atoms with Crippen molar-refractivity contribution in [1.82, 2.24) is 9.55 Å². The van der Waals surface area contributed by atoms with E-state index >= 15 is 0 Å². The third kappa shape index (κ3) is 2.93. The van der Waals surface area contributed by atoms with Gasteiger partial charge in [0.1, 0.15) is 0 Å². The molecule has 0 bridgehead atoms. The summed E-state index contributed by atoms with van der Waals surface area (Å²) >= 11 is 0. The normalized spacial score (nSPS) is 12.2. The van der Waals surface area contributed by atoms with Crippen molar-refractivity contribution in [3.05, 3.63) is 53.9 Å². The van der Waals surface area contributed by atoms with E-state index in [9.17, 15) is 5.11 Å². The number of allylic oxidation sites excluding steroid dienone is 4. The summed E-state index contributed by atoms with van der Waals surface area (Å²) in [5.41, 5.74) is 3.83. The summed E-state index contributed by atoms with van der Waals surface area (Å²) in [6.45, 7) is 2.66. The largest absolute Gasteiger partial charge is 0.392 e. The first-order valence-electron chi connectivity index (χ1n) is 6.11. The predicted octanol–water partition coefficient (Wildman–Crippen LogP) is 2.66. The molecule has 3 nitrogen and oxygen atoms in total. The molecule has 19 heavy (non-hydrogen) atoms. The third-order valence-corrected chi connectivity index (χ3v) is 2.87. The summed E-state index contributed by atoms with van der Waals surface area (Å²) in [6.07, 6.45) is 12.8. The molecule has 1 heterocycles. The summed E-state index contributed by atoms with van der Waals surface area (Å²) in [5.74, 6) is 2.55. The van der Waals surface area contributed by atoms with Crippen LogP contribution < -0.4 is 0 Å². The fourth-order valence-electron chi connectivity index (χ4n) is 1.99. The standard InChI is InChI=1S/C16H16N2O/c1-3-5-13(6-4-2)10-18-12-17-15-8-7-14(11-19)9-16(15)18/h1,4-9,12,19H,10-11H2,2H3/b6-4-,13-5+. The van der Waals surface area contributed by atoms with Gasteiger partial charge in [-0.3, -0.25) is 0 Å². The van der Waals surface area contributed by atoms with Crippen molar-refractivity contribution in [2.24, 2.45) is 0 Å².